The van der Waals surface area contributed by atoms with Gasteiger partial charge in [0.05, 0.1) is 34.2 Å². The van der Waals surface area contributed by atoms with E-state index in [1.54, 1.807) is 39.0 Å². The number of halogens is 2. The molecule has 5 heterocycles. The second-order valence-corrected chi connectivity index (χ2v) is 10.3. The Morgan fingerprint density at radius 2 is 0.667 bits per heavy atom. The number of methoxy groups -OCH3 is 2. The third-order valence-corrected chi connectivity index (χ3v) is 6.19. The molecule has 16 nitrogen and oxygen atoms in total. The fourth-order valence-corrected chi connectivity index (χ4v) is 4.53. The summed E-state index contributed by atoms with van der Waals surface area (Å²) in [5.74, 6) is 0. The topological polar surface area (TPSA) is 300 Å². The Bertz CT molecular complexity index is 1420. The normalized spacial score (nSPS) is 11.4. The van der Waals surface area contributed by atoms with Crippen LogP contribution in [0.4, 0.5) is 0 Å². The maximum Gasteiger partial charge on any atom is 2.00 e. The van der Waals surface area contributed by atoms with E-state index in [0.29, 0.717) is 34.2 Å². The molecule has 0 amide bonds. The van der Waals surface area contributed by atoms with Gasteiger partial charge in [0.25, 0.3) is 0 Å². The predicted molar refractivity (Wildman–Crippen MR) is 140 cm³/mol. The summed E-state index contributed by atoms with van der Waals surface area (Å²) in [5, 5.41) is 0. The third kappa shape index (κ3) is 11.2. The van der Waals surface area contributed by atoms with E-state index in [9.17, 15) is 0 Å². The summed E-state index contributed by atoms with van der Waals surface area (Å²) >= 11 is 0. The van der Waals surface area contributed by atoms with Crippen molar-refractivity contribution < 1.29 is 89.5 Å². The molecule has 0 atom stereocenters. The van der Waals surface area contributed by atoms with Gasteiger partial charge in [-0.05, 0) is 60.7 Å². The van der Waals surface area contributed by atoms with Crippen LogP contribution in [0.1, 0.15) is 34.2 Å². The van der Waals surface area contributed by atoms with E-state index in [0.717, 1.165) is 0 Å². The predicted octanol–water partition coefficient (Wildman–Crippen LogP) is -5.90. The van der Waals surface area contributed by atoms with Gasteiger partial charge >= 0.3 is 16.8 Å². The number of nitrogens with zero attached hydrogens (tertiary/aromatic N) is 5. The van der Waals surface area contributed by atoms with Crippen LogP contribution in [0.5, 0.6) is 0 Å². The van der Waals surface area contributed by atoms with Gasteiger partial charge in [0.2, 0.25) is 0 Å². The first kappa shape index (κ1) is 42.4. The van der Waals surface area contributed by atoms with Crippen LogP contribution in [0, 0.1) is 20.5 Å². The Kier molecular flexibility index (Phi) is 16.6. The van der Waals surface area contributed by atoms with E-state index in [1.807, 2.05) is 91.0 Å². The molecule has 3 N–H and O–H groups in total. The number of aromatic nitrogens is 5. The fourth-order valence-electron chi connectivity index (χ4n) is 4.53. The zero-order valence-corrected chi connectivity index (χ0v) is 27.5. The summed E-state index contributed by atoms with van der Waals surface area (Å²) in [6.45, 7) is 0. The molecule has 0 aliphatic rings. The average molecular weight is 752 g/mol. The minimum Gasteiger partial charge on any atom is -0.457 e. The fraction of sp³-hybridized carbons (Fsp3) is 0.138. The number of hydrogen-bond acceptors (Lipinski definition) is 15. The second-order valence-electron chi connectivity index (χ2n) is 8.79. The first-order valence-electron chi connectivity index (χ1n) is 12.7. The molecule has 0 aromatic carbocycles. The molecular weight excluding hydrogens is 724 g/mol. The van der Waals surface area contributed by atoms with Gasteiger partial charge in [0, 0.05) is 39.0 Å². The Labute approximate surface area is 289 Å². The molecule has 0 unspecified atom stereocenters. The van der Waals surface area contributed by atoms with E-state index in [-0.39, 0.29) is 22.3 Å². The molecule has 0 spiro atoms. The van der Waals surface area contributed by atoms with Crippen LogP contribution in [0.15, 0.2) is 116 Å². The molecular formula is C29H28Cl2CoN5O11+. The first-order chi connectivity index (χ1) is 21.8. The van der Waals surface area contributed by atoms with Crippen LogP contribution in [0.25, 0.3) is 0 Å². The summed E-state index contributed by atoms with van der Waals surface area (Å²) < 4.78 is 80.4. The standard InChI is InChI=1S/C29H25N5O2.2ClHO4.Co.H2O/c1-35-28(22-12-3-7-18-30-22,23-13-4-8-19-31-23)26-16-11-17-27(34-26)29(36-2,24-14-5-9-20-32-24)25-15-6-10-21-33-25;2*2-1(3,4)5;;/h3-21H,1-2H3;2*(H,2,3,4,5);;1H2/q;;;+2;/p-1. The molecule has 0 saturated carbocycles. The molecule has 0 aliphatic heterocycles. The zero-order valence-electron chi connectivity index (χ0n) is 25.0. The Hall–Kier alpha value is -3.60. The van der Waals surface area contributed by atoms with Gasteiger partial charge in [0.15, 0.2) is 11.2 Å². The third-order valence-electron chi connectivity index (χ3n) is 6.19. The maximum atomic E-state index is 8.49. The second kappa shape index (κ2) is 18.8. The number of hydrogen-bond donors (Lipinski definition) is 0. The van der Waals surface area contributed by atoms with Gasteiger partial charge in [-0.3, -0.25) is 19.9 Å². The van der Waals surface area contributed by atoms with Crippen LogP contribution in [0.3, 0.4) is 0 Å². The van der Waals surface area contributed by atoms with Crippen molar-refractivity contribution in [2.75, 3.05) is 14.2 Å². The van der Waals surface area contributed by atoms with Crippen molar-refractivity contribution in [2.45, 2.75) is 11.2 Å². The molecule has 5 rings (SSSR count). The summed E-state index contributed by atoms with van der Waals surface area (Å²) in [4.78, 5) is 23.7. The van der Waals surface area contributed by atoms with Crippen molar-refractivity contribution in [3.05, 3.63) is 150 Å². The van der Waals surface area contributed by atoms with Crippen molar-refractivity contribution in [2.24, 2.45) is 0 Å². The maximum absolute atomic E-state index is 8.49. The van der Waals surface area contributed by atoms with Crippen LogP contribution in [0.2, 0.25) is 0 Å². The van der Waals surface area contributed by atoms with Crippen molar-refractivity contribution in [1.29, 1.82) is 0 Å². The van der Waals surface area contributed by atoms with Gasteiger partial charge in [-0.25, -0.2) is 42.3 Å². The molecule has 5 aromatic heterocycles. The van der Waals surface area contributed by atoms with Crippen molar-refractivity contribution in [1.82, 2.24) is 24.9 Å². The summed E-state index contributed by atoms with van der Waals surface area (Å²) in [6, 6.07) is 28.5. The van der Waals surface area contributed by atoms with Crippen LogP contribution >= 0.6 is 0 Å². The summed E-state index contributed by atoms with van der Waals surface area (Å²) in [6.07, 6.45) is 6.93. The molecule has 48 heavy (non-hydrogen) atoms. The van der Waals surface area contributed by atoms with Crippen molar-refractivity contribution in [3.63, 3.8) is 0 Å². The smallest absolute Gasteiger partial charge is 0.457 e. The van der Waals surface area contributed by atoms with Gasteiger partial charge in [-0.15, -0.1) is 20.5 Å². The molecule has 5 aromatic rings. The van der Waals surface area contributed by atoms with E-state index in [1.165, 1.54) is 0 Å². The molecule has 0 aliphatic carbocycles. The monoisotopic (exact) mass is 751 g/mol. The van der Waals surface area contributed by atoms with E-state index in [4.69, 9.17) is 51.7 Å². The molecule has 0 bridgehead atoms. The molecule has 257 valence electrons. The number of rotatable bonds is 8. The van der Waals surface area contributed by atoms with E-state index in [2.05, 4.69) is 19.9 Å². The molecule has 0 fully saturated rings. The number of pyridine rings is 5. The van der Waals surface area contributed by atoms with Crippen molar-refractivity contribution >= 4 is 0 Å². The minimum atomic E-state index is -4.94. The SMILES string of the molecule is COC(c1ccccn1)(c1ccccn1)c1cccc(C(OC)(c2ccccn2)c2ccccn2)n1.[Co+2].[O-][Cl+3]([O-])([O-])[O-].[O-][Cl+3]([O-])([O-])[O-].[OH3+]. The van der Waals surface area contributed by atoms with Gasteiger partial charge in [0.1, 0.15) is 0 Å². The van der Waals surface area contributed by atoms with Gasteiger partial charge in [-0.1, -0.05) is 30.3 Å². The zero-order chi connectivity index (χ0) is 33.8. The molecule has 0 saturated heterocycles. The summed E-state index contributed by atoms with van der Waals surface area (Å²) in [5.41, 5.74) is 1.54. The molecule has 1 radical (unpaired) electrons. The average Bonchev–Trinajstić information content (AvgIpc) is 3.03. The van der Waals surface area contributed by atoms with Gasteiger partial charge < -0.3 is 14.9 Å². The van der Waals surface area contributed by atoms with Crippen LogP contribution in [-0.2, 0) is 42.9 Å². The molecule has 19 heteroatoms. The van der Waals surface area contributed by atoms with Gasteiger partial charge in [-0.2, -0.15) is 0 Å². The van der Waals surface area contributed by atoms with Crippen molar-refractivity contribution in [3.8, 4) is 0 Å². The Morgan fingerprint density at radius 3 is 0.854 bits per heavy atom. The largest absolute Gasteiger partial charge is 2.00 e. The number of ether oxygens (including phenoxy) is 2. The summed E-state index contributed by atoms with van der Waals surface area (Å²) in [7, 11) is -6.61. The first-order valence-corrected chi connectivity index (χ1v) is 15.2. The Balaban J connectivity index is 0.000000845. The van der Waals surface area contributed by atoms with E-state index < -0.39 is 31.7 Å². The quantitative estimate of drug-likeness (QED) is 0.133. The minimum absolute atomic E-state index is 0. The van der Waals surface area contributed by atoms with E-state index >= 15 is 0 Å². The Morgan fingerprint density at radius 1 is 0.438 bits per heavy atom. The van der Waals surface area contributed by atoms with Crippen LogP contribution in [-0.4, -0.2) is 39.1 Å². The van der Waals surface area contributed by atoms with Crippen LogP contribution < -0.4 is 37.3 Å².